The molecule has 2 heteroatoms. The van der Waals surface area contributed by atoms with Crippen molar-refractivity contribution in [1.29, 1.82) is 10.5 Å². The van der Waals surface area contributed by atoms with E-state index < -0.39 is 5.41 Å². The molecule has 1 fully saturated rings. The summed E-state index contributed by atoms with van der Waals surface area (Å²) in [4.78, 5) is 0. The normalized spacial score (nSPS) is 33.3. The lowest BCUT2D eigenvalue weighted by atomic mass is 10.0. The minimum Gasteiger partial charge on any atom is -0.198 e. The summed E-state index contributed by atoms with van der Waals surface area (Å²) in [5.41, 5.74) is 0.678. The van der Waals surface area contributed by atoms with Gasteiger partial charge < -0.3 is 0 Å². The minimum absolute atomic E-state index is 0.0672. The number of hydrogen-bond donors (Lipinski definition) is 0. The molecule has 0 aliphatic heterocycles. The maximum Gasteiger partial charge on any atom is 0.0927 e. The van der Waals surface area contributed by atoms with Crippen LogP contribution < -0.4 is 0 Å². The van der Waals surface area contributed by atoms with Gasteiger partial charge in [-0.15, -0.1) is 0 Å². The van der Waals surface area contributed by atoms with Gasteiger partial charge in [0, 0.05) is 0 Å². The van der Waals surface area contributed by atoms with Crippen molar-refractivity contribution in [3.63, 3.8) is 0 Å². The Bertz CT molecular complexity index is 273. The Morgan fingerprint density at radius 1 is 1.55 bits per heavy atom. The van der Waals surface area contributed by atoms with E-state index in [1.54, 1.807) is 0 Å². The van der Waals surface area contributed by atoms with Gasteiger partial charge in [0.1, 0.15) is 0 Å². The second-order valence-corrected chi connectivity index (χ2v) is 3.26. The summed E-state index contributed by atoms with van der Waals surface area (Å²) in [7, 11) is 0. The molecule has 1 aliphatic carbocycles. The van der Waals surface area contributed by atoms with E-state index in [0.29, 0.717) is 6.42 Å². The number of rotatable bonds is 1. The third kappa shape index (κ3) is 1.25. The second-order valence-electron chi connectivity index (χ2n) is 3.26. The van der Waals surface area contributed by atoms with Crippen LogP contribution in [0.5, 0.6) is 0 Å². The van der Waals surface area contributed by atoms with Crippen molar-refractivity contribution in [1.82, 2.24) is 0 Å². The first kappa shape index (κ1) is 7.82. The largest absolute Gasteiger partial charge is 0.198 e. The highest BCUT2D eigenvalue weighted by molar-refractivity contribution is 5.32. The standard InChI is InChI=1S/C9H10N2/c1-7(2)3-9(6-11)4-8(9)5-10/h3,8H,4H2,1-2H3. The zero-order valence-electron chi connectivity index (χ0n) is 6.76. The molecule has 0 spiro atoms. The average molecular weight is 146 g/mol. The fraction of sp³-hybridized carbons (Fsp3) is 0.556. The molecular weight excluding hydrogens is 136 g/mol. The van der Waals surface area contributed by atoms with Gasteiger partial charge in [0.05, 0.1) is 23.5 Å². The van der Waals surface area contributed by atoms with Crippen molar-refractivity contribution in [2.75, 3.05) is 0 Å². The van der Waals surface area contributed by atoms with E-state index >= 15 is 0 Å². The van der Waals surface area contributed by atoms with Crippen LogP contribution in [0.2, 0.25) is 0 Å². The van der Waals surface area contributed by atoms with Crippen LogP contribution in [-0.4, -0.2) is 0 Å². The monoisotopic (exact) mass is 146 g/mol. The summed E-state index contributed by atoms with van der Waals surface area (Å²) in [5, 5.41) is 17.3. The molecule has 56 valence electrons. The predicted octanol–water partition coefficient (Wildman–Crippen LogP) is 2.01. The summed E-state index contributed by atoms with van der Waals surface area (Å²) in [6.45, 7) is 3.90. The lowest BCUT2D eigenvalue weighted by Gasteiger charge is -1.96. The summed E-state index contributed by atoms with van der Waals surface area (Å²) in [6.07, 6.45) is 2.62. The Hall–Kier alpha value is -1.28. The maximum absolute atomic E-state index is 8.76. The van der Waals surface area contributed by atoms with Crippen LogP contribution in [0, 0.1) is 34.0 Å². The molecule has 2 nitrogen and oxygen atoms in total. The van der Waals surface area contributed by atoms with Gasteiger partial charge >= 0.3 is 0 Å². The molecule has 11 heavy (non-hydrogen) atoms. The molecule has 2 atom stereocenters. The summed E-state index contributed by atoms with van der Waals surface area (Å²) in [6, 6.07) is 4.30. The smallest absolute Gasteiger partial charge is 0.0927 e. The first-order valence-electron chi connectivity index (χ1n) is 3.61. The lowest BCUT2D eigenvalue weighted by molar-refractivity contribution is 0.806. The van der Waals surface area contributed by atoms with Crippen molar-refractivity contribution in [3.05, 3.63) is 11.6 Å². The molecule has 2 unspecified atom stereocenters. The average Bonchev–Trinajstić information content (AvgIpc) is 2.62. The van der Waals surface area contributed by atoms with E-state index in [1.807, 2.05) is 19.9 Å². The van der Waals surface area contributed by atoms with Gasteiger partial charge in [0.25, 0.3) is 0 Å². The summed E-state index contributed by atoms with van der Waals surface area (Å²) >= 11 is 0. The molecule has 0 aromatic carbocycles. The zero-order chi connectivity index (χ0) is 8.48. The van der Waals surface area contributed by atoms with Crippen LogP contribution in [-0.2, 0) is 0 Å². The maximum atomic E-state index is 8.76. The van der Waals surface area contributed by atoms with E-state index in [9.17, 15) is 0 Å². The molecule has 1 rings (SSSR count). The highest BCUT2D eigenvalue weighted by Gasteiger charge is 2.53. The van der Waals surface area contributed by atoms with E-state index in [0.717, 1.165) is 5.57 Å². The van der Waals surface area contributed by atoms with Gasteiger partial charge in [0.2, 0.25) is 0 Å². The summed E-state index contributed by atoms with van der Waals surface area (Å²) in [5.74, 6) is -0.0672. The van der Waals surface area contributed by atoms with Crippen molar-refractivity contribution < 1.29 is 0 Å². The van der Waals surface area contributed by atoms with E-state index in [2.05, 4.69) is 12.1 Å². The highest BCUT2D eigenvalue weighted by atomic mass is 14.6. The van der Waals surface area contributed by atoms with Crippen LogP contribution in [0.25, 0.3) is 0 Å². The molecule has 1 saturated carbocycles. The SMILES string of the molecule is CC(C)=CC1(C#N)CC1C#N. The van der Waals surface area contributed by atoms with Crippen LogP contribution in [0.4, 0.5) is 0 Å². The molecule has 0 aromatic heterocycles. The van der Waals surface area contributed by atoms with Gasteiger partial charge in [-0.2, -0.15) is 10.5 Å². The Labute approximate surface area is 66.7 Å². The van der Waals surface area contributed by atoms with Crippen molar-refractivity contribution >= 4 is 0 Å². The van der Waals surface area contributed by atoms with E-state index in [4.69, 9.17) is 10.5 Å². The van der Waals surface area contributed by atoms with Crippen molar-refractivity contribution in [2.45, 2.75) is 20.3 Å². The van der Waals surface area contributed by atoms with E-state index in [1.165, 1.54) is 0 Å². The predicted molar refractivity (Wildman–Crippen MR) is 41.2 cm³/mol. The molecule has 1 aliphatic rings. The fourth-order valence-electron chi connectivity index (χ4n) is 1.27. The van der Waals surface area contributed by atoms with Crippen LogP contribution >= 0.6 is 0 Å². The molecule has 0 aromatic rings. The Balaban J connectivity index is 2.80. The Morgan fingerprint density at radius 2 is 2.18 bits per heavy atom. The third-order valence-electron chi connectivity index (χ3n) is 1.91. The Kier molecular flexibility index (Phi) is 1.71. The molecule has 0 bridgehead atoms. The fourth-order valence-corrected chi connectivity index (χ4v) is 1.27. The molecule has 0 N–H and O–H groups in total. The first-order chi connectivity index (χ1) is 5.14. The molecule has 0 heterocycles. The van der Waals surface area contributed by atoms with Gasteiger partial charge in [-0.1, -0.05) is 11.6 Å². The van der Waals surface area contributed by atoms with Crippen LogP contribution in [0.15, 0.2) is 11.6 Å². The van der Waals surface area contributed by atoms with Crippen molar-refractivity contribution in [2.24, 2.45) is 11.3 Å². The number of allylic oxidation sites excluding steroid dienone is 2. The molecule has 0 radical (unpaired) electrons. The van der Waals surface area contributed by atoms with Gasteiger partial charge in [0.15, 0.2) is 0 Å². The molecule has 0 amide bonds. The summed E-state index contributed by atoms with van der Waals surface area (Å²) < 4.78 is 0. The molecule has 0 saturated heterocycles. The third-order valence-corrected chi connectivity index (χ3v) is 1.91. The highest BCUT2D eigenvalue weighted by Crippen LogP contribution is 2.53. The number of nitriles is 2. The van der Waals surface area contributed by atoms with Crippen LogP contribution in [0.1, 0.15) is 20.3 Å². The van der Waals surface area contributed by atoms with Crippen LogP contribution in [0.3, 0.4) is 0 Å². The number of hydrogen-bond acceptors (Lipinski definition) is 2. The van der Waals surface area contributed by atoms with Gasteiger partial charge in [-0.3, -0.25) is 0 Å². The number of nitrogens with zero attached hydrogens (tertiary/aromatic N) is 2. The first-order valence-corrected chi connectivity index (χ1v) is 3.61. The quantitative estimate of drug-likeness (QED) is 0.531. The van der Waals surface area contributed by atoms with Gasteiger partial charge in [-0.25, -0.2) is 0 Å². The zero-order valence-corrected chi connectivity index (χ0v) is 6.76. The Morgan fingerprint density at radius 3 is 2.45 bits per heavy atom. The second kappa shape index (κ2) is 2.40. The van der Waals surface area contributed by atoms with E-state index in [-0.39, 0.29) is 5.92 Å². The van der Waals surface area contributed by atoms with Crippen molar-refractivity contribution in [3.8, 4) is 12.1 Å². The minimum atomic E-state index is -0.437. The molecular formula is C9H10N2. The van der Waals surface area contributed by atoms with Gasteiger partial charge in [-0.05, 0) is 20.3 Å². The topological polar surface area (TPSA) is 47.6 Å². The lowest BCUT2D eigenvalue weighted by Crippen LogP contribution is -1.94.